The van der Waals surface area contributed by atoms with Gasteiger partial charge in [-0.05, 0) is 52.6 Å². The minimum atomic E-state index is -0.887. The van der Waals surface area contributed by atoms with Gasteiger partial charge in [-0.1, -0.05) is 56.7 Å². The Kier molecular flexibility index (Phi) is 11.7. The number of anilines is 1. The first-order valence-corrected chi connectivity index (χ1v) is 11.6. The predicted octanol–water partition coefficient (Wildman–Crippen LogP) is 5.49. The molecule has 0 aliphatic carbocycles. The fraction of sp³-hybridized carbons (Fsp3) is 0.321. The summed E-state index contributed by atoms with van der Waals surface area (Å²) in [5, 5.41) is 12.5. The second kappa shape index (κ2) is 14.7. The molecule has 182 valence electrons. The number of hydrogen-bond donors (Lipinski definition) is 3. The first-order chi connectivity index (χ1) is 16.5. The van der Waals surface area contributed by atoms with Crippen LogP contribution in [-0.4, -0.2) is 31.3 Å². The highest BCUT2D eigenvalue weighted by Gasteiger charge is 2.09. The molecular formula is C28H36N2O4. The molecule has 0 saturated carbocycles. The molecule has 0 fully saturated rings. The SMILES string of the molecule is CCC.COCCNc1cc(COc2ccccc2CC(=O)O)cc(-c2cccc(CN)c2)c1. The summed E-state index contributed by atoms with van der Waals surface area (Å²) in [4.78, 5) is 11.1. The van der Waals surface area contributed by atoms with E-state index in [1.54, 1.807) is 19.2 Å². The number of para-hydroxylation sites is 1. The van der Waals surface area contributed by atoms with Crippen LogP contribution in [0.1, 0.15) is 37.0 Å². The van der Waals surface area contributed by atoms with Crippen molar-refractivity contribution in [2.75, 3.05) is 25.6 Å². The summed E-state index contributed by atoms with van der Waals surface area (Å²) >= 11 is 0. The Morgan fingerprint density at radius 2 is 1.71 bits per heavy atom. The minimum absolute atomic E-state index is 0.0775. The molecule has 3 aromatic rings. The van der Waals surface area contributed by atoms with Crippen LogP contribution >= 0.6 is 0 Å². The van der Waals surface area contributed by atoms with Crippen LogP contribution in [0.25, 0.3) is 11.1 Å². The molecule has 0 aliphatic rings. The smallest absolute Gasteiger partial charge is 0.307 e. The predicted molar refractivity (Wildman–Crippen MR) is 138 cm³/mol. The first-order valence-electron chi connectivity index (χ1n) is 11.6. The third-order valence-electron chi connectivity index (χ3n) is 4.83. The van der Waals surface area contributed by atoms with E-state index in [0.717, 1.165) is 27.9 Å². The monoisotopic (exact) mass is 464 g/mol. The molecule has 0 aliphatic heterocycles. The van der Waals surface area contributed by atoms with Crippen LogP contribution in [0.4, 0.5) is 5.69 Å². The van der Waals surface area contributed by atoms with E-state index in [0.29, 0.717) is 37.6 Å². The lowest BCUT2D eigenvalue weighted by Crippen LogP contribution is -2.08. The van der Waals surface area contributed by atoms with Crippen molar-refractivity contribution in [1.82, 2.24) is 0 Å². The molecule has 6 heteroatoms. The fourth-order valence-corrected chi connectivity index (χ4v) is 3.33. The largest absolute Gasteiger partial charge is 0.489 e. The number of carboxylic acid groups (broad SMARTS) is 1. The van der Waals surface area contributed by atoms with Crippen LogP contribution in [0.3, 0.4) is 0 Å². The maximum absolute atomic E-state index is 11.1. The number of nitrogens with one attached hydrogen (secondary N) is 1. The van der Waals surface area contributed by atoms with E-state index in [-0.39, 0.29) is 6.42 Å². The highest BCUT2D eigenvalue weighted by molar-refractivity contribution is 5.71. The van der Waals surface area contributed by atoms with Gasteiger partial charge < -0.3 is 25.6 Å². The number of carboxylic acids is 1. The van der Waals surface area contributed by atoms with E-state index in [1.165, 1.54) is 6.42 Å². The molecule has 0 bridgehead atoms. The van der Waals surface area contributed by atoms with Gasteiger partial charge in [-0.2, -0.15) is 0 Å². The third kappa shape index (κ3) is 8.89. The second-order valence-corrected chi connectivity index (χ2v) is 7.92. The van der Waals surface area contributed by atoms with Gasteiger partial charge in [-0.25, -0.2) is 0 Å². The highest BCUT2D eigenvalue weighted by atomic mass is 16.5. The van der Waals surface area contributed by atoms with Crippen LogP contribution in [0.2, 0.25) is 0 Å². The van der Waals surface area contributed by atoms with E-state index >= 15 is 0 Å². The van der Waals surface area contributed by atoms with Crippen molar-refractivity contribution >= 4 is 11.7 Å². The summed E-state index contributed by atoms with van der Waals surface area (Å²) in [6.07, 6.45) is 1.17. The van der Waals surface area contributed by atoms with Gasteiger partial charge in [0.1, 0.15) is 12.4 Å². The summed E-state index contributed by atoms with van der Waals surface area (Å²) < 4.78 is 11.1. The van der Waals surface area contributed by atoms with Crippen LogP contribution in [0, 0.1) is 0 Å². The molecule has 6 nitrogen and oxygen atoms in total. The number of aliphatic carboxylic acids is 1. The lowest BCUT2D eigenvalue weighted by Gasteiger charge is -2.14. The highest BCUT2D eigenvalue weighted by Crippen LogP contribution is 2.27. The van der Waals surface area contributed by atoms with Crippen molar-refractivity contribution in [3.63, 3.8) is 0 Å². The number of rotatable bonds is 11. The van der Waals surface area contributed by atoms with Crippen molar-refractivity contribution < 1.29 is 19.4 Å². The van der Waals surface area contributed by atoms with E-state index < -0.39 is 5.97 Å². The Morgan fingerprint density at radius 1 is 0.971 bits per heavy atom. The number of hydrogen-bond acceptors (Lipinski definition) is 5. The van der Waals surface area contributed by atoms with Gasteiger partial charge >= 0.3 is 5.97 Å². The average molecular weight is 465 g/mol. The number of nitrogens with two attached hydrogens (primary N) is 1. The van der Waals surface area contributed by atoms with Crippen molar-refractivity contribution in [2.45, 2.75) is 39.8 Å². The Labute approximate surface area is 202 Å². The normalized spacial score (nSPS) is 10.2. The Hall–Kier alpha value is -3.35. The molecule has 34 heavy (non-hydrogen) atoms. The van der Waals surface area contributed by atoms with Crippen molar-refractivity contribution in [3.05, 3.63) is 83.4 Å². The fourth-order valence-electron chi connectivity index (χ4n) is 3.33. The summed E-state index contributed by atoms with van der Waals surface area (Å²) in [5.41, 5.74) is 11.6. The Bertz CT molecular complexity index is 1040. The van der Waals surface area contributed by atoms with E-state index in [9.17, 15) is 4.79 Å². The van der Waals surface area contributed by atoms with Gasteiger partial charge in [0, 0.05) is 31.5 Å². The topological polar surface area (TPSA) is 93.8 Å². The molecule has 3 aromatic carbocycles. The quantitative estimate of drug-likeness (QED) is 0.325. The molecule has 3 rings (SSSR count). The van der Waals surface area contributed by atoms with Gasteiger partial charge in [-0.3, -0.25) is 4.79 Å². The molecule has 0 radical (unpaired) electrons. The van der Waals surface area contributed by atoms with Crippen LogP contribution in [0.15, 0.2) is 66.7 Å². The second-order valence-electron chi connectivity index (χ2n) is 7.92. The summed E-state index contributed by atoms with van der Waals surface area (Å²) in [5.74, 6) is -0.309. The van der Waals surface area contributed by atoms with Crippen molar-refractivity contribution in [3.8, 4) is 16.9 Å². The van der Waals surface area contributed by atoms with Crippen molar-refractivity contribution in [1.29, 1.82) is 0 Å². The zero-order valence-corrected chi connectivity index (χ0v) is 20.3. The number of carbonyl (C=O) groups is 1. The number of benzene rings is 3. The van der Waals surface area contributed by atoms with Gasteiger partial charge in [0.05, 0.1) is 13.0 Å². The molecule has 0 atom stereocenters. The molecule has 0 aromatic heterocycles. The first kappa shape index (κ1) is 26.9. The van der Waals surface area contributed by atoms with Gasteiger partial charge in [0.15, 0.2) is 0 Å². The van der Waals surface area contributed by atoms with E-state index in [2.05, 4.69) is 43.4 Å². The number of ether oxygens (including phenoxy) is 2. The van der Waals surface area contributed by atoms with Gasteiger partial charge in [-0.15, -0.1) is 0 Å². The lowest BCUT2D eigenvalue weighted by molar-refractivity contribution is -0.136. The molecule has 0 spiro atoms. The van der Waals surface area contributed by atoms with Gasteiger partial charge in [0.25, 0.3) is 0 Å². The summed E-state index contributed by atoms with van der Waals surface area (Å²) in [6.45, 7) is 6.34. The molecule has 0 heterocycles. The zero-order chi connectivity index (χ0) is 24.8. The third-order valence-corrected chi connectivity index (χ3v) is 4.83. The Morgan fingerprint density at radius 3 is 2.41 bits per heavy atom. The van der Waals surface area contributed by atoms with Crippen LogP contribution < -0.4 is 15.8 Å². The molecule has 4 N–H and O–H groups in total. The zero-order valence-electron chi connectivity index (χ0n) is 20.3. The van der Waals surface area contributed by atoms with Crippen LogP contribution in [0.5, 0.6) is 5.75 Å². The average Bonchev–Trinajstić information content (AvgIpc) is 2.84. The maximum Gasteiger partial charge on any atom is 0.307 e. The van der Waals surface area contributed by atoms with Crippen molar-refractivity contribution in [2.24, 2.45) is 5.73 Å². The Balaban J connectivity index is 0.00000129. The summed E-state index contributed by atoms with van der Waals surface area (Å²) in [7, 11) is 1.67. The van der Waals surface area contributed by atoms with Gasteiger partial charge in [0.2, 0.25) is 0 Å². The standard InChI is InChI=1S/C25H28N2O4.C3H8/c1-30-10-9-27-23-13-19(12-22(14-23)20-7-4-5-18(11-20)16-26)17-31-24-8-3-2-6-21(24)15-25(28)29;1-3-2/h2-8,11-14,27H,9-10,15-17,26H2,1H3,(H,28,29);3H2,1-2H3. The van der Waals surface area contributed by atoms with E-state index in [1.807, 2.05) is 30.3 Å². The van der Waals surface area contributed by atoms with E-state index in [4.69, 9.17) is 20.3 Å². The minimum Gasteiger partial charge on any atom is -0.489 e. The molecule has 0 unspecified atom stereocenters. The lowest BCUT2D eigenvalue weighted by atomic mass is 10.00. The molecular weight excluding hydrogens is 428 g/mol. The molecule has 0 saturated heterocycles. The van der Waals surface area contributed by atoms with Crippen LogP contribution in [-0.2, 0) is 29.1 Å². The maximum atomic E-state index is 11.1. The number of methoxy groups -OCH3 is 1. The summed E-state index contributed by atoms with van der Waals surface area (Å²) in [6, 6.07) is 21.6. The molecule has 0 amide bonds.